The van der Waals surface area contributed by atoms with Crippen LogP contribution in [0, 0.1) is 11.6 Å². The Morgan fingerprint density at radius 1 is 1.12 bits per heavy atom. The third-order valence-corrected chi connectivity index (χ3v) is 4.46. The molecule has 0 amide bonds. The van der Waals surface area contributed by atoms with Crippen molar-refractivity contribution >= 4 is 43.2 Å². The van der Waals surface area contributed by atoms with Gasteiger partial charge in [-0.1, -0.05) is 15.9 Å². The van der Waals surface area contributed by atoms with E-state index in [1.165, 1.54) is 11.3 Å². The van der Waals surface area contributed by atoms with Gasteiger partial charge in [0.25, 0.3) is 0 Å². The van der Waals surface area contributed by atoms with E-state index in [9.17, 15) is 13.9 Å². The third kappa shape index (κ3) is 2.59. The largest absolute Gasteiger partial charge is 0.383 e. The Kier molecular flexibility index (Phi) is 3.97. The average molecular weight is 384 g/mol. The van der Waals surface area contributed by atoms with Crippen molar-refractivity contribution in [3.63, 3.8) is 0 Å². The maximum absolute atomic E-state index is 13.6. The molecule has 0 saturated heterocycles. The van der Waals surface area contributed by atoms with E-state index in [0.29, 0.717) is 14.5 Å². The van der Waals surface area contributed by atoms with Crippen LogP contribution in [0.15, 0.2) is 31.8 Å². The molecule has 1 aromatic heterocycles. The van der Waals surface area contributed by atoms with Gasteiger partial charge in [-0.25, -0.2) is 8.78 Å². The fraction of sp³-hybridized carbons (Fsp3) is 0.0909. The van der Waals surface area contributed by atoms with E-state index in [0.717, 1.165) is 12.1 Å². The van der Waals surface area contributed by atoms with Gasteiger partial charge in [0.05, 0.1) is 5.56 Å². The highest BCUT2D eigenvalue weighted by atomic mass is 79.9. The van der Waals surface area contributed by atoms with E-state index in [1.54, 1.807) is 10.8 Å². The standard InChI is InChI=1S/C11H6Br2F2OS/c12-5-1-8(14)10(9(15)2-5)11(16)6-3-17-4-7(6)13/h1-4,11,16H. The molecule has 2 rings (SSSR count). The van der Waals surface area contributed by atoms with Gasteiger partial charge in [-0.05, 0) is 33.4 Å². The van der Waals surface area contributed by atoms with Gasteiger partial charge in [0, 0.05) is 19.9 Å². The molecule has 2 aromatic rings. The number of hydrogen-bond acceptors (Lipinski definition) is 2. The van der Waals surface area contributed by atoms with E-state index in [2.05, 4.69) is 31.9 Å². The zero-order valence-electron chi connectivity index (χ0n) is 8.25. The van der Waals surface area contributed by atoms with Crippen molar-refractivity contribution in [2.45, 2.75) is 6.10 Å². The van der Waals surface area contributed by atoms with Crippen LogP contribution < -0.4 is 0 Å². The van der Waals surface area contributed by atoms with E-state index in [1.807, 2.05) is 0 Å². The van der Waals surface area contributed by atoms with E-state index < -0.39 is 17.7 Å². The molecule has 17 heavy (non-hydrogen) atoms. The summed E-state index contributed by atoms with van der Waals surface area (Å²) >= 11 is 7.56. The van der Waals surface area contributed by atoms with Gasteiger partial charge < -0.3 is 5.11 Å². The van der Waals surface area contributed by atoms with Crippen LogP contribution in [0.25, 0.3) is 0 Å². The number of hydrogen-bond donors (Lipinski definition) is 1. The summed E-state index contributed by atoms with van der Waals surface area (Å²) in [6.45, 7) is 0. The molecule has 1 nitrogen and oxygen atoms in total. The van der Waals surface area contributed by atoms with Crippen molar-refractivity contribution in [3.8, 4) is 0 Å². The molecule has 6 heteroatoms. The molecule has 1 aromatic carbocycles. The van der Waals surface area contributed by atoms with Gasteiger partial charge in [-0.15, -0.1) is 0 Å². The molecule has 0 aliphatic carbocycles. The smallest absolute Gasteiger partial charge is 0.133 e. The molecule has 1 atom stereocenters. The lowest BCUT2D eigenvalue weighted by Gasteiger charge is -2.13. The summed E-state index contributed by atoms with van der Waals surface area (Å²) in [5.41, 5.74) is 0.113. The average Bonchev–Trinajstić information content (AvgIpc) is 2.62. The molecule has 0 fully saturated rings. The molecule has 0 saturated carbocycles. The minimum Gasteiger partial charge on any atom is -0.383 e. The molecular weight excluding hydrogens is 378 g/mol. The molecule has 0 spiro atoms. The highest BCUT2D eigenvalue weighted by Crippen LogP contribution is 2.34. The number of rotatable bonds is 2. The lowest BCUT2D eigenvalue weighted by molar-refractivity contribution is 0.209. The maximum Gasteiger partial charge on any atom is 0.133 e. The van der Waals surface area contributed by atoms with Gasteiger partial charge in [-0.3, -0.25) is 0 Å². The second kappa shape index (κ2) is 5.14. The molecule has 0 bridgehead atoms. The molecule has 1 N–H and O–H groups in total. The molecule has 0 radical (unpaired) electrons. The molecule has 1 heterocycles. The lowest BCUT2D eigenvalue weighted by Crippen LogP contribution is -2.05. The zero-order chi connectivity index (χ0) is 12.6. The molecule has 90 valence electrons. The SMILES string of the molecule is OC(c1cscc1Br)c1c(F)cc(Br)cc1F. The van der Waals surface area contributed by atoms with Crippen LogP contribution in [0.4, 0.5) is 8.78 Å². The van der Waals surface area contributed by atoms with Gasteiger partial charge in [-0.2, -0.15) is 11.3 Å². The summed E-state index contributed by atoms with van der Waals surface area (Å²) in [4.78, 5) is 0. The topological polar surface area (TPSA) is 20.2 Å². The predicted octanol–water partition coefficient (Wildman–Crippen LogP) is 4.63. The summed E-state index contributed by atoms with van der Waals surface area (Å²) in [5.74, 6) is -1.55. The Hall–Kier alpha value is -0.300. The normalized spacial score (nSPS) is 12.8. The van der Waals surface area contributed by atoms with Gasteiger partial charge in [0.2, 0.25) is 0 Å². The molecule has 0 aliphatic heterocycles. The monoisotopic (exact) mass is 382 g/mol. The maximum atomic E-state index is 13.6. The summed E-state index contributed by atoms with van der Waals surface area (Å²) in [6.07, 6.45) is -1.32. The van der Waals surface area contributed by atoms with Crippen molar-refractivity contribution in [1.29, 1.82) is 0 Å². The highest BCUT2D eigenvalue weighted by Gasteiger charge is 2.22. The van der Waals surface area contributed by atoms with E-state index in [4.69, 9.17) is 0 Å². The van der Waals surface area contributed by atoms with Gasteiger partial charge in [0.1, 0.15) is 17.7 Å². The van der Waals surface area contributed by atoms with E-state index in [-0.39, 0.29) is 5.56 Å². The first kappa shape index (κ1) is 13.1. The number of benzene rings is 1. The first-order chi connectivity index (χ1) is 8.00. The van der Waals surface area contributed by atoms with Crippen molar-refractivity contribution in [2.75, 3.05) is 0 Å². The van der Waals surface area contributed by atoms with Crippen LogP contribution in [0.1, 0.15) is 17.2 Å². The first-order valence-corrected chi connectivity index (χ1v) is 7.07. The zero-order valence-corrected chi connectivity index (χ0v) is 12.2. The lowest BCUT2D eigenvalue weighted by atomic mass is 10.0. The second-order valence-corrected chi connectivity index (χ2v) is 5.87. The quantitative estimate of drug-likeness (QED) is 0.801. The van der Waals surface area contributed by atoms with Crippen LogP contribution >= 0.6 is 43.2 Å². The molecule has 1 unspecified atom stereocenters. The Bertz CT molecular complexity index is 533. The van der Waals surface area contributed by atoms with Crippen molar-refractivity contribution in [2.24, 2.45) is 0 Å². The van der Waals surface area contributed by atoms with Crippen LogP contribution in [0.3, 0.4) is 0 Å². The summed E-state index contributed by atoms with van der Waals surface area (Å²) < 4.78 is 28.2. The minimum absolute atomic E-state index is 0.299. The summed E-state index contributed by atoms with van der Waals surface area (Å²) in [6, 6.07) is 2.25. The van der Waals surface area contributed by atoms with Crippen LogP contribution in [-0.2, 0) is 0 Å². The minimum atomic E-state index is -1.32. The molecule has 0 aliphatic rings. The highest BCUT2D eigenvalue weighted by molar-refractivity contribution is 9.10. The third-order valence-electron chi connectivity index (χ3n) is 2.25. The van der Waals surface area contributed by atoms with Crippen LogP contribution in [0.2, 0.25) is 0 Å². The summed E-state index contributed by atoms with van der Waals surface area (Å²) in [5, 5.41) is 13.4. The fourth-order valence-electron chi connectivity index (χ4n) is 1.46. The predicted molar refractivity (Wildman–Crippen MR) is 70.1 cm³/mol. The number of aliphatic hydroxyl groups is 1. The first-order valence-electron chi connectivity index (χ1n) is 4.54. The van der Waals surface area contributed by atoms with Gasteiger partial charge in [0.15, 0.2) is 0 Å². The Morgan fingerprint density at radius 2 is 1.71 bits per heavy atom. The number of thiophene rings is 1. The van der Waals surface area contributed by atoms with Crippen LogP contribution in [0.5, 0.6) is 0 Å². The Labute approximate surface area is 117 Å². The van der Waals surface area contributed by atoms with Crippen molar-refractivity contribution in [1.82, 2.24) is 0 Å². The van der Waals surface area contributed by atoms with Crippen molar-refractivity contribution in [3.05, 3.63) is 54.6 Å². The number of halogens is 4. The van der Waals surface area contributed by atoms with Crippen LogP contribution in [-0.4, -0.2) is 5.11 Å². The fourth-order valence-corrected chi connectivity index (χ4v) is 3.39. The molecular formula is C11H6Br2F2OS. The van der Waals surface area contributed by atoms with Crippen molar-refractivity contribution < 1.29 is 13.9 Å². The van der Waals surface area contributed by atoms with Gasteiger partial charge >= 0.3 is 0 Å². The Balaban J connectivity index is 2.51. The number of aliphatic hydroxyl groups excluding tert-OH is 1. The summed E-state index contributed by atoms with van der Waals surface area (Å²) in [7, 11) is 0. The Morgan fingerprint density at radius 3 is 2.18 bits per heavy atom. The second-order valence-electron chi connectivity index (χ2n) is 3.36. The van der Waals surface area contributed by atoms with E-state index >= 15 is 0 Å².